The molecule has 0 bridgehead atoms. The average molecular weight is 287 g/mol. The molecule has 3 N–H and O–H groups in total. The van der Waals surface area contributed by atoms with E-state index in [1.807, 2.05) is 6.07 Å². The predicted octanol–water partition coefficient (Wildman–Crippen LogP) is 1.66. The summed E-state index contributed by atoms with van der Waals surface area (Å²) in [5.41, 5.74) is 6.66. The van der Waals surface area contributed by atoms with Crippen molar-refractivity contribution in [3.8, 4) is 0 Å². The molecule has 0 aliphatic carbocycles. The van der Waals surface area contributed by atoms with Crippen molar-refractivity contribution < 1.29 is 9.50 Å². The summed E-state index contributed by atoms with van der Waals surface area (Å²) in [5.74, 6) is 0.232. The lowest BCUT2D eigenvalue weighted by Gasteiger charge is -2.40. The van der Waals surface area contributed by atoms with Gasteiger partial charge in [-0.1, -0.05) is 17.7 Å². The maximum atomic E-state index is 13.3. The van der Waals surface area contributed by atoms with Crippen LogP contribution in [0.2, 0.25) is 5.02 Å². The van der Waals surface area contributed by atoms with E-state index in [2.05, 4.69) is 4.90 Å². The Morgan fingerprint density at radius 1 is 1.47 bits per heavy atom. The lowest BCUT2D eigenvalue weighted by molar-refractivity contribution is 0.0936. The van der Waals surface area contributed by atoms with Crippen LogP contribution < -0.4 is 5.73 Å². The molecule has 1 fully saturated rings. The van der Waals surface area contributed by atoms with Crippen molar-refractivity contribution in [3.63, 3.8) is 0 Å². The molecule has 3 nitrogen and oxygen atoms in total. The molecule has 1 aromatic rings. The second kappa shape index (κ2) is 6.66. The minimum absolute atomic E-state index is 0.0430. The van der Waals surface area contributed by atoms with Gasteiger partial charge in [-0.3, -0.25) is 0 Å². The first-order valence-corrected chi connectivity index (χ1v) is 6.99. The van der Waals surface area contributed by atoms with E-state index < -0.39 is 0 Å². The predicted molar refractivity (Wildman–Crippen MR) is 74.7 cm³/mol. The molecule has 1 saturated heterocycles. The highest BCUT2D eigenvalue weighted by Crippen LogP contribution is 2.23. The summed E-state index contributed by atoms with van der Waals surface area (Å²) < 4.78 is 13.3. The lowest BCUT2D eigenvalue weighted by Crippen LogP contribution is -2.49. The van der Waals surface area contributed by atoms with E-state index in [4.69, 9.17) is 22.4 Å². The maximum absolute atomic E-state index is 13.3. The van der Waals surface area contributed by atoms with Crippen LogP contribution in [-0.4, -0.2) is 42.3 Å². The number of aliphatic hydroxyl groups is 1. The Morgan fingerprint density at radius 2 is 2.21 bits per heavy atom. The molecule has 1 aromatic carbocycles. The van der Waals surface area contributed by atoms with Crippen LogP contribution in [0.15, 0.2) is 18.2 Å². The SMILES string of the molecule is N[C@H](CO)CCN1CC(Cc2ccc(Cl)c(F)c2)C1. The van der Waals surface area contributed by atoms with E-state index in [9.17, 15) is 4.39 Å². The fourth-order valence-electron chi connectivity index (χ4n) is 2.43. The summed E-state index contributed by atoms with van der Waals surface area (Å²) in [6.07, 6.45) is 1.70. The van der Waals surface area contributed by atoms with Crippen molar-refractivity contribution in [2.75, 3.05) is 26.2 Å². The van der Waals surface area contributed by atoms with Crippen molar-refractivity contribution >= 4 is 11.6 Å². The van der Waals surface area contributed by atoms with Gasteiger partial charge in [0, 0.05) is 19.1 Å². The Balaban J connectivity index is 1.71. The molecule has 2 rings (SSSR count). The zero-order chi connectivity index (χ0) is 13.8. The first-order valence-electron chi connectivity index (χ1n) is 6.61. The van der Waals surface area contributed by atoms with Gasteiger partial charge in [-0.15, -0.1) is 0 Å². The number of hydrogen-bond donors (Lipinski definition) is 2. The molecule has 0 amide bonds. The Bertz CT molecular complexity index is 424. The molecule has 1 heterocycles. The van der Waals surface area contributed by atoms with Gasteiger partial charge in [-0.2, -0.15) is 0 Å². The zero-order valence-electron chi connectivity index (χ0n) is 10.9. The lowest BCUT2D eigenvalue weighted by atomic mass is 9.92. The smallest absolute Gasteiger partial charge is 0.142 e. The van der Waals surface area contributed by atoms with Gasteiger partial charge in [0.05, 0.1) is 11.6 Å². The third-order valence-corrected chi connectivity index (χ3v) is 3.90. The molecule has 0 spiro atoms. The van der Waals surface area contributed by atoms with Crippen molar-refractivity contribution in [1.29, 1.82) is 0 Å². The van der Waals surface area contributed by atoms with Gasteiger partial charge >= 0.3 is 0 Å². The highest BCUT2D eigenvalue weighted by Gasteiger charge is 2.26. The Kier molecular flexibility index (Phi) is 5.16. The molecular formula is C14H20ClFN2O. The second-order valence-corrected chi connectivity index (χ2v) is 5.72. The van der Waals surface area contributed by atoms with Crippen LogP contribution in [-0.2, 0) is 6.42 Å². The van der Waals surface area contributed by atoms with Crippen LogP contribution in [0.25, 0.3) is 0 Å². The summed E-state index contributed by atoms with van der Waals surface area (Å²) in [6, 6.07) is 4.90. The van der Waals surface area contributed by atoms with Crippen LogP contribution in [0, 0.1) is 11.7 Å². The highest BCUT2D eigenvalue weighted by molar-refractivity contribution is 6.30. The number of aliphatic hydroxyl groups excluding tert-OH is 1. The Morgan fingerprint density at radius 3 is 2.84 bits per heavy atom. The summed E-state index contributed by atoms with van der Waals surface area (Å²) in [7, 11) is 0. The second-order valence-electron chi connectivity index (χ2n) is 5.31. The fourth-order valence-corrected chi connectivity index (χ4v) is 2.55. The molecule has 1 atom stereocenters. The van der Waals surface area contributed by atoms with Crippen molar-refractivity contribution in [2.45, 2.75) is 18.9 Å². The van der Waals surface area contributed by atoms with Crippen LogP contribution in [0.1, 0.15) is 12.0 Å². The van der Waals surface area contributed by atoms with E-state index >= 15 is 0 Å². The number of halogens is 2. The first-order chi connectivity index (χ1) is 9.08. The summed E-state index contributed by atoms with van der Waals surface area (Å²) >= 11 is 5.66. The summed E-state index contributed by atoms with van der Waals surface area (Å²) in [5, 5.41) is 9.02. The standard InChI is InChI=1S/C14H20ClFN2O/c15-13-2-1-10(6-14(13)16)5-11-7-18(8-11)4-3-12(17)9-19/h1-2,6,11-12,19H,3-5,7-9,17H2/t12-/m0/s1. The number of rotatable bonds is 6. The Labute approximate surface area is 118 Å². The largest absolute Gasteiger partial charge is 0.395 e. The summed E-state index contributed by atoms with van der Waals surface area (Å²) in [4.78, 5) is 2.31. The van der Waals surface area contributed by atoms with Gasteiger partial charge in [-0.25, -0.2) is 4.39 Å². The zero-order valence-corrected chi connectivity index (χ0v) is 11.6. The minimum atomic E-state index is -0.343. The molecule has 0 unspecified atom stereocenters. The van der Waals surface area contributed by atoms with E-state index in [1.165, 1.54) is 6.07 Å². The van der Waals surface area contributed by atoms with Gasteiger partial charge in [0.2, 0.25) is 0 Å². The van der Waals surface area contributed by atoms with Gasteiger partial charge in [-0.05, 0) is 43.0 Å². The average Bonchev–Trinajstić information content (AvgIpc) is 2.35. The summed E-state index contributed by atoms with van der Waals surface area (Å²) in [6.45, 7) is 3.00. The van der Waals surface area contributed by atoms with Crippen LogP contribution >= 0.6 is 11.6 Å². The minimum Gasteiger partial charge on any atom is -0.395 e. The number of likely N-dealkylation sites (tertiary alicyclic amines) is 1. The molecule has 0 aromatic heterocycles. The van der Waals surface area contributed by atoms with E-state index in [1.54, 1.807) is 6.07 Å². The number of nitrogens with two attached hydrogens (primary N) is 1. The van der Waals surface area contributed by atoms with Crippen molar-refractivity contribution in [1.82, 2.24) is 4.90 Å². The van der Waals surface area contributed by atoms with Crippen molar-refractivity contribution in [2.24, 2.45) is 11.7 Å². The van der Waals surface area contributed by atoms with Gasteiger partial charge in [0.15, 0.2) is 0 Å². The molecule has 0 saturated carbocycles. The maximum Gasteiger partial charge on any atom is 0.142 e. The third-order valence-electron chi connectivity index (χ3n) is 3.59. The van der Waals surface area contributed by atoms with E-state index in [0.717, 1.165) is 38.0 Å². The molecule has 19 heavy (non-hydrogen) atoms. The van der Waals surface area contributed by atoms with Crippen LogP contribution in [0.3, 0.4) is 0 Å². The Hall–Kier alpha value is -0.680. The number of hydrogen-bond acceptors (Lipinski definition) is 3. The number of benzene rings is 1. The quantitative estimate of drug-likeness (QED) is 0.836. The van der Waals surface area contributed by atoms with Gasteiger partial charge in [0.25, 0.3) is 0 Å². The van der Waals surface area contributed by atoms with Crippen LogP contribution in [0.5, 0.6) is 0 Å². The molecule has 5 heteroatoms. The van der Waals surface area contributed by atoms with Gasteiger partial charge in [0.1, 0.15) is 5.82 Å². The molecular weight excluding hydrogens is 267 g/mol. The van der Waals surface area contributed by atoms with Crippen molar-refractivity contribution in [3.05, 3.63) is 34.6 Å². The monoisotopic (exact) mass is 286 g/mol. The normalized spacial score (nSPS) is 18.3. The topological polar surface area (TPSA) is 49.5 Å². The van der Waals surface area contributed by atoms with E-state index in [0.29, 0.717) is 5.92 Å². The third kappa shape index (κ3) is 4.14. The number of nitrogens with zero attached hydrogens (tertiary/aromatic N) is 1. The van der Waals surface area contributed by atoms with E-state index in [-0.39, 0.29) is 23.5 Å². The molecule has 0 radical (unpaired) electrons. The molecule has 106 valence electrons. The van der Waals surface area contributed by atoms with Crippen LogP contribution in [0.4, 0.5) is 4.39 Å². The van der Waals surface area contributed by atoms with Gasteiger partial charge < -0.3 is 15.7 Å². The molecule has 1 aliphatic heterocycles. The molecule has 1 aliphatic rings. The highest BCUT2D eigenvalue weighted by atomic mass is 35.5. The fraction of sp³-hybridized carbons (Fsp3) is 0.571. The first kappa shape index (κ1) is 14.7.